The van der Waals surface area contributed by atoms with Crippen LogP contribution in [0.4, 0.5) is 0 Å². The normalized spacial score (nSPS) is 15.2. The van der Waals surface area contributed by atoms with Crippen molar-refractivity contribution in [2.45, 2.75) is 38.8 Å². The lowest BCUT2D eigenvalue weighted by Gasteiger charge is -2.19. The summed E-state index contributed by atoms with van der Waals surface area (Å²) in [4.78, 5) is 0. The van der Waals surface area contributed by atoms with Crippen molar-refractivity contribution in [1.82, 2.24) is 5.32 Å². The number of terminal acetylenes is 1. The van der Waals surface area contributed by atoms with Crippen LogP contribution in [0.15, 0.2) is 0 Å². The van der Waals surface area contributed by atoms with Crippen LogP contribution in [0.2, 0.25) is 0 Å². The fourth-order valence-electron chi connectivity index (χ4n) is 1.05. The van der Waals surface area contributed by atoms with Gasteiger partial charge in [0, 0.05) is 13.2 Å². The van der Waals surface area contributed by atoms with Gasteiger partial charge < -0.3 is 4.74 Å². The molecule has 0 aliphatic carbocycles. The Bertz CT molecular complexity index is 139. The van der Waals surface area contributed by atoms with Crippen molar-refractivity contribution in [2.24, 2.45) is 0 Å². The highest BCUT2D eigenvalue weighted by Crippen LogP contribution is 1.96. The van der Waals surface area contributed by atoms with Gasteiger partial charge in [0.15, 0.2) is 0 Å². The van der Waals surface area contributed by atoms with Crippen LogP contribution in [0, 0.1) is 12.3 Å². The molecule has 0 amide bonds. The fraction of sp³-hybridized carbons (Fsp3) is 0.800. The molecule has 0 saturated heterocycles. The van der Waals surface area contributed by atoms with Gasteiger partial charge >= 0.3 is 0 Å². The molecular weight excluding hydrogens is 150 g/mol. The first-order valence-electron chi connectivity index (χ1n) is 4.49. The maximum Gasteiger partial charge on any atom is 0.0687 e. The lowest BCUT2D eigenvalue weighted by Crippen LogP contribution is -2.39. The molecule has 70 valence electrons. The molecule has 0 spiro atoms. The number of rotatable bonds is 6. The van der Waals surface area contributed by atoms with Gasteiger partial charge in [0.2, 0.25) is 0 Å². The van der Waals surface area contributed by atoms with E-state index in [0.717, 1.165) is 19.4 Å². The number of hydrogen-bond donors (Lipinski definition) is 1. The molecule has 0 aliphatic rings. The second-order valence-corrected chi connectivity index (χ2v) is 2.85. The zero-order valence-electron chi connectivity index (χ0n) is 8.26. The van der Waals surface area contributed by atoms with Crippen LogP contribution >= 0.6 is 0 Å². The summed E-state index contributed by atoms with van der Waals surface area (Å²) in [5.41, 5.74) is 0. The molecule has 0 heterocycles. The highest BCUT2D eigenvalue weighted by Gasteiger charge is 2.09. The molecule has 0 aromatic carbocycles. The number of nitrogens with one attached hydrogen (secondary N) is 1. The molecule has 0 fully saturated rings. The third-order valence-corrected chi connectivity index (χ3v) is 1.91. The molecule has 0 saturated carbocycles. The zero-order chi connectivity index (χ0) is 9.40. The largest absolute Gasteiger partial charge is 0.383 e. The molecule has 2 unspecified atom stereocenters. The summed E-state index contributed by atoms with van der Waals surface area (Å²) in [5.74, 6) is 2.71. The smallest absolute Gasteiger partial charge is 0.0687 e. The van der Waals surface area contributed by atoms with E-state index in [-0.39, 0.29) is 6.04 Å². The lowest BCUT2D eigenvalue weighted by molar-refractivity contribution is 0.161. The van der Waals surface area contributed by atoms with E-state index in [1.165, 1.54) is 0 Å². The van der Waals surface area contributed by atoms with Gasteiger partial charge in [0.25, 0.3) is 0 Å². The van der Waals surface area contributed by atoms with E-state index in [4.69, 9.17) is 11.2 Å². The van der Waals surface area contributed by atoms with Gasteiger partial charge in [-0.3, -0.25) is 5.32 Å². The SMILES string of the molecule is C#CC(CC)NC(CC)COC. The summed E-state index contributed by atoms with van der Waals surface area (Å²) in [6.45, 7) is 4.94. The first kappa shape index (κ1) is 11.5. The Balaban J connectivity index is 3.75. The molecule has 0 bridgehead atoms. The molecule has 0 rings (SSSR count). The molecule has 0 aromatic heterocycles. The monoisotopic (exact) mass is 169 g/mol. The molecule has 2 atom stereocenters. The average molecular weight is 169 g/mol. The van der Waals surface area contributed by atoms with E-state index in [1.54, 1.807) is 7.11 Å². The van der Waals surface area contributed by atoms with Crippen molar-refractivity contribution < 1.29 is 4.74 Å². The Morgan fingerprint density at radius 1 is 1.42 bits per heavy atom. The highest BCUT2D eigenvalue weighted by atomic mass is 16.5. The molecule has 0 radical (unpaired) electrons. The molecule has 1 N–H and O–H groups in total. The van der Waals surface area contributed by atoms with Crippen LogP contribution in [-0.4, -0.2) is 25.8 Å². The second-order valence-electron chi connectivity index (χ2n) is 2.85. The Kier molecular flexibility index (Phi) is 6.84. The van der Waals surface area contributed by atoms with E-state index in [2.05, 4.69) is 25.1 Å². The van der Waals surface area contributed by atoms with Gasteiger partial charge in [-0.2, -0.15) is 0 Å². The standard InChI is InChI=1S/C10H19NO/c1-5-9(6-2)11-10(7-3)8-12-4/h1,9-11H,6-8H2,2-4H3. The van der Waals surface area contributed by atoms with Crippen LogP contribution in [0.1, 0.15) is 26.7 Å². The predicted octanol–water partition coefficient (Wildman–Crippen LogP) is 1.41. The first-order chi connectivity index (χ1) is 5.78. The molecular formula is C10H19NO. The van der Waals surface area contributed by atoms with Crippen LogP contribution in [0.5, 0.6) is 0 Å². The van der Waals surface area contributed by atoms with Gasteiger partial charge in [-0.05, 0) is 12.8 Å². The van der Waals surface area contributed by atoms with E-state index in [1.807, 2.05) is 0 Å². The van der Waals surface area contributed by atoms with Crippen LogP contribution < -0.4 is 5.32 Å². The average Bonchev–Trinajstić information content (AvgIpc) is 2.12. The quantitative estimate of drug-likeness (QED) is 0.607. The minimum Gasteiger partial charge on any atom is -0.383 e. The number of hydrogen-bond acceptors (Lipinski definition) is 2. The van der Waals surface area contributed by atoms with Gasteiger partial charge in [-0.1, -0.05) is 19.8 Å². The minimum absolute atomic E-state index is 0.185. The summed E-state index contributed by atoms with van der Waals surface area (Å²) < 4.78 is 5.05. The van der Waals surface area contributed by atoms with E-state index in [9.17, 15) is 0 Å². The molecule has 0 aliphatic heterocycles. The van der Waals surface area contributed by atoms with Gasteiger partial charge in [0.1, 0.15) is 0 Å². The Morgan fingerprint density at radius 2 is 2.08 bits per heavy atom. The fourth-order valence-corrected chi connectivity index (χ4v) is 1.05. The maximum atomic E-state index is 5.33. The predicted molar refractivity (Wildman–Crippen MR) is 52.0 cm³/mol. The van der Waals surface area contributed by atoms with Crippen molar-refractivity contribution in [3.05, 3.63) is 0 Å². The Labute approximate surface area is 75.7 Å². The molecule has 12 heavy (non-hydrogen) atoms. The number of ether oxygens (including phenoxy) is 1. The Morgan fingerprint density at radius 3 is 2.42 bits per heavy atom. The Hall–Kier alpha value is -0.520. The van der Waals surface area contributed by atoms with Crippen LogP contribution in [0.25, 0.3) is 0 Å². The van der Waals surface area contributed by atoms with E-state index < -0.39 is 0 Å². The first-order valence-corrected chi connectivity index (χ1v) is 4.49. The van der Waals surface area contributed by atoms with E-state index >= 15 is 0 Å². The lowest BCUT2D eigenvalue weighted by atomic mass is 10.1. The van der Waals surface area contributed by atoms with Crippen LogP contribution in [0.3, 0.4) is 0 Å². The summed E-state index contributed by atoms with van der Waals surface area (Å²) in [6.07, 6.45) is 7.35. The summed E-state index contributed by atoms with van der Waals surface area (Å²) in [5, 5.41) is 3.34. The van der Waals surface area contributed by atoms with Crippen molar-refractivity contribution in [1.29, 1.82) is 0 Å². The third kappa shape index (κ3) is 4.38. The topological polar surface area (TPSA) is 21.3 Å². The number of methoxy groups -OCH3 is 1. The molecule has 0 aromatic rings. The van der Waals surface area contributed by atoms with Crippen molar-refractivity contribution in [3.8, 4) is 12.3 Å². The zero-order valence-corrected chi connectivity index (χ0v) is 8.26. The van der Waals surface area contributed by atoms with Crippen molar-refractivity contribution in [2.75, 3.05) is 13.7 Å². The third-order valence-electron chi connectivity index (χ3n) is 1.91. The van der Waals surface area contributed by atoms with Crippen molar-refractivity contribution >= 4 is 0 Å². The maximum absolute atomic E-state index is 5.33. The highest BCUT2D eigenvalue weighted by molar-refractivity contribution is 4.98. The summed E-state index contributed by atoms with van der Waals surface area (Å²) in [6, 6.07) is 0.570. The van der Waals surface area contributed by atoms with Gasteiger partial charge in [0.05, 0.1) is 12.6 Å². The molecule has 2 heteroatoms. The van der Waals surface area contributed by atoms with E-state index in [0.29, 0.717) is 6.04 Å². The van der Waals surface area contributed by atoms with Gasteiger partial charge in [-0.15, -0.1) is 6.42 Å². The summed E-state index contributed by atoms with van der Waals surface area (Å²) in [7, 11) is 1.71. The van der Waals surface area contributed by atoms with Crippen molar-refractivity contribution in [3.63, 3.8) is 0 Å². The molecule has 2 nitrogen and oxygen atoms in total. The summed E-state index contributed by atoms with van der Waals surface area (Å²) >= 11 is 0. The van der Waals surface area contributed by atoms with Gasteiger partial charge in [-0.25, -0.2) is 0 Å². The minimum atomic E-state index is 0.185. The van der Waals surface area contributed by atoms with Crippen LogP contribution in [-0.2, 0) is 4.74 Å². The second kappa shape index (κ2) is 7.15.